The zero-order valence-corrected chi connectivity index (χ0v) is 20.4. The summed E-state index contributed by atoms with van der Waals surface area (Å²) >= 11 is 0. The van der Waals surface area contributed by atoms with Crippen molar-refractivity contribution in [1.29, 1.82) is 0 Å². The summed E-state index contributed by atoms with van der Waals surface area (Å²) in [6, 6.07) is -1.49. The molecule has 3 aromatic rings. The monoisotopic (exact) mass is 524 g/mol. The Morgan fingerprint density at radius 3 is 2.54 bits per heavy atom. The molecular formula is C21H28N6O10. The topological polar surface area (TPSA) is 212 Å². The van der Waals surface area contributed by atoms with Gasteiger partial charge >= 0.3 is 12.1 Å². The number of amides is 1. The zero-order chi connectivity index (χ0) is 27.2. The van der Waals surface area contributed by atoms with Crippen molar-refractivity contribution in [3.8, 4) is 0 Å². The second kappa shape index (κ2) is 10.1. The van der Waals surface area contributed by atoms with E-state index >= 15 is 0 Å². The van der Waals surface area contributed by atoms with Crippen molar-refractivity contribution < 1.29 is 44.2 Å². The first-order valence-electron chi connectivity index (χ1n) is 11.2. The highest BCUT2D eigenvalue weighted by molar-refractivity contribution is 5.82. The number of rotatable bonds is 7. The molecule has 6 unspecified atom stereocenters. The van der Waals surface area contributed by atoms with Gasteiger partial charge in [-0.25, -0.2) is 24.0 Å². The quantitative estimate of drug-likeness (QED) is 0.197. The largest absolute Gasteiger partial charge is 0.467 e. The number of imidazole rings is 2. The van der Waals surface area contributed by atoms with E-state index in [2.05, 4.69) is 24.8 Å². The molecule has 1 amide bonds. The Morgan fingerprint density at radius 1 is 1.24 bits per heavy atom. The number of carbonyl (C=O) groups is 2. The SMILES string of the molecule is COC(=O)NC(C(=O)OC)C(O)Cc1c(C)nc2n(C)c3c(ncn3C3OC(CO)C(O)C3O)c(=O)n12. The summed E-state index contributed by atoms with van der Waals surface area (Å²) in [4.78, 5) is 46.0. The summed E-state index contributed by atoms with van der Waals surface area (Å²) in [7, 11) is 3.79. The molecule has 4 rings (SSSR count). The van der Waals surface area contributed by atoms with E-state index in [1.54, 1.807) is 14.0 Å². The van der Waals surface area contributed by atoms with Gasteiger partial charge in [-0.05, 0) is 6.92 Å². The molecular weight excluding hydrogens is 496 g/mol. The van der Waals surface area contributed by atoms with Crippen LogP contribution in [0.4, 0.5) is 4.79 Å². The normalized spacial score (nSPS) is 23.4. The van der Waals surface area contributed by atoms with Crippen molar-refractivity contribution in [2.75, 3.05) is 20.8 Å². The molecule has 3 aromatic heterocycles. The number of esters is 1. The fraction of sp³-hybridized carbons (Fsp3) is 0.571. The van der Waals surface area contributed by atoms with Gasteiger partial charge in [0.1, 0.15) is 18.3 Å². The maximum Gasteiger partial charge on any atom is 0.407 e. The molecule has 1 saturated heterocycles. The van der Waals surface area contributed by atoms with E-state index in [-0.39, 0.29) is 29.1 Å². The molecule has 6 atom stereocenters. The van der Waals surface area contributed by atoms with Gasteiger partial charge in [0, 0.05) is 13.5 Å². The summed E-state index contributed by atoms with van der Waals surface area (Å²) in [6.45, 7) is 1.08. The highest BCUT2D eigenvalue weighted by Gasteiger charge is 2.44. The van der Waals surface area contributed by atoms with E-state index in [1.807, 2.05) is 0 Å². The third-order valence-corrected chi connectivity index (χ3v) is 6.44. The number of nitrogens with zero attached hydrogens (tertiary/aromatic N) is 5. The van der Waals surface area contributed by atoms with E-state index in [1.165, 1.54) is 19.9 Å². The summed E-state index contributed by atoms with van der Waals surface area (Å²) in [6.07, 6.45) is -6.39. The lowest BCUT2D eigenvalue weighted by Gasteiger charge is -2.21. The second-order valence-electron chi connectivity index (χ2n) is 8.60. The van der Waals surface area contributed by atoms with Crippen molar-refractivity contribution in [1.82, 2.24) is 28.8 Å². The molecule has 1 aliphatic rings. The fourth-order valence-corrected chi connectivity index (χ4v) is 4.50. The molecule has 0 bridgehead atoms. The van der Waals surface area contributed by atoms with E-state index in [9.17, 15) is 34.8 Å². The van der Waals surface area contributed by atoms with Crippen LogP contribution in [-0.4, -0.2) is 107 Å². The number of aromatic nitrogens is 5. The summed E-state index contributed by atoms with van der Waals surface area (Å²) in [5, 5.41) is 43.0. The van der Waals surface area contributed by atoms with Crippen molar-refractivity contribution in [3.05, 3.63) is 28.1 Å². The van der Waals surface area contributed by atoms with Gasteiger partial charge in [-0.2, -0.15) is 0 Å². The predicted octanol–water partition coefficient (Wildman–Crippen LogP) is -2.90. The van der Waals surface area contributed by atoms with Gasteiger partial charge in [-0.3, -0.25) is 13.9 Å². The third kappa shape index (κ3) is 4.31. The fourth-order valence-electron chi connectivity index (χ4n) is 4.50. The minimum Gasteiger partial charge on any atom is -0.467 e. The maximum atomic E-state index is 13.5. The highest BCUT2D eigenvalue weighted by atomic mass is 16.6. The van der Waals surface area contributed by atoms with Crippen LogP contribution in [0.2, 0.25) is 0 Å². The van der Waals surface area contributed by atoms with Gasteiger partial charge in [-0.15, -0.1) is 0 Å². The number of aryl methyl sites for hydroxylation is 2. The Labute approximate surface area is 208 Å². The first-order valence-corrected chi connectivity index (χ1v) is 11.2. The standard InChI is InChI=1S/C21H28N6O10/c1-8-9(5-10(29)12(19(33)35-3)24-21(34)36-4)27-17(32)13-16(25(2)20(27)23-8)26(7-22-13)18-15(31)14(30)11(6-28)37-18/h7,10-12,14-15,18,28-31H,5-6H2,1-4H3,(H,24,34). The minimum absolute atomic E-state index is 0.0296. The van der Waals surface area contributed by atoms with Crippen LogP contribution in [0.1, 0.15) is 17.6 Å². The molecule has 0 aromatic carbocycles. The van der Waals surface area contributed by atoms with Crippen molar-refractivity contribution in [2.24, 2.45) is 7.05 Å². The highest BCUT2D eigenvalue weighted by Crippen LogP contribution is 2.31. The van der Waals surface area contributed by atoms with Gasteiger partial charge in [0.2, 0.25) is 5.78 Å². The van der Waals surface area contributed by atoms with Crippen LogP contribution in [0.15, 0.2) is 11.1 Å². The average molecular weight is 524 g/mol. The van der Waals surface area contributed by atoms with Crippen LogP contribution in [0.25, 0.3) is 16.9 Å². The van der Waals surface area contributed by atoms with Crippen LogP contribution >= 0.6 is 0 Å². The van der Waals surface area contributed by atoms with Gasteiger partial charge in [0.15, 0.2) is 23.4 Å². The first kappa shape index (κ1) is 26.5. The minimum atomic E-state index is -1.51. The number of hydrogen-bond acceptors (Lipinski definition) is 12. The summed E-state index contributed by atoms with van der Waals surface area (Å²) < 4.78 is 18.9. The predicted molar refractivity (Wildman–Crippen MR) is 123 cm³/mol. The lowest BCUT2D eigenvalue weighted by molar-refractivity contribution is -0.146. The van der Waals surface area contributed by atoms with E-state index in [4.69, 9.17) is 4.74 Å². The second-order valence-corrected chi connectivity index (χ2v) is 8.60. The number of alkyl carbamates (subject to hydrolysis) is 1. The molecule has 0 aliphatic carbocycles. The molecule has 1 aliphatic heterocycles. The molecule has 16 nitrogen and oxygen atoms in total. The van der Waals surface area contributed by atoms with Crippen molar-refractivity contribution in [2.45, 2.75) is 50.0 Å². The van der Waals surface area contributed by atoms with E-state index in [0.29, 0.717) is 5.69 Å². The van der Waals surface area contributed by atoms with Gasteiger partial charge < -0.3 is 40.0 Å². The van der Waals surface area contributed by atoms with Crippen LogP contribution in [-0.2, 0) is 32.5 Å². The molecule has 0 radical (unpaired) electrons. The molecule has 5 N–H and O–H groups in total. The Morgan fingerprint density at radius 2 is 1.95 bits per heavy atom. The number of ether oxygens (including phenoxy) is 3. The zero-order valence-electron chi connectivity index (χ0n) is 20.4. The molecule has 37 heavy (non-hydrogen) atoms. The van der Waals surface area contributed by atoms with Gasteiger partial charge in [0.05, 0.1) is 44.6 Å². The first-order chi connectivity index (χ1) is 17.5. The molecule has 0 saturated carbocycles. The lowest BCUT2D eigenvalue weighted by atomic mass is 10.1. The van der Waals surface area contributed by atoms with Crippen molar-refractivity contribution in [3.63, 3.8) is 0 Å². The summed E-state index contributed by atoms with van der Waals surface area (Å²) in [5.41, 5.74) is 0.211. The Bertz CT molecular complexity index is 1400. The Hall–Kier alpha value is -3.57. The smallest absolute Gasteiger partial charge is 0.407 e. The molecule has 4 heterocycles. The van der Waals surface area contributed by atoms with Gasteiger partial charge in [0.25, 0.3) is 5.56 Å². The molecule has 0 spiro atoms. The molecule has 16 heteroatoms. The van der Waals surface area contributed by atoms with Crippen LogP contribution in [0, 0.1) is 6.92 Å². The number of hydrogen-bond donors (Lipinski definition) is 5. The number of fused-ring (bicyclic) bond motifs is 2. The lowest BCUT2D eigenvalue weighted by Crippen LogP contribution is -2.50. The number of carbonyl (C=O) groups excluding carboxylic acids is 2. The summed E-state index contributed by atoms with van der Waals surface area (Å²) in [5.74, 6) is -0.766. The molecule has 1 fully saturated rings. The number of nitrogens with one attached hydrogen (secondary N) is 1. The van der Waals surface area contributed by atoms with E-state index in [0.717, 1.165) is 14.2 Å². The third-order valence-electron chi connectivity index (χ3n) is 6.44. The van der Waals surface area contributed by atoms with E-state index < -0.39 is 60.9 Å². The Balaban J connectivity index is 1.79. The average Bonchev–Trinajstić information content (AvgIpc) is 3.55. The molecule has 202 valence electrons. The maximum absolute atomic E-state index is 13.5. The number of aliphatic hydroxyl groups excluding tert-OH is 4. The van der Waals surface area contributed by atoms with Crippen LogP contribution < -0.4 is 10.9 Å². The van der Waals surface area contributed by atoms with Crippen LogP contribution in [0.3, 0.4) is 0 Å². The number of methoxy groups -OCH3 is 2. The Kier molecular flexibility index (Phi) is 7.20. The van der Waals surface area contributed by atoms with Crippen LogP contribution in [0.5, 0.6) is 0 Å². The van der Waals surface area contributed by atoms with Crippen molar-refractivity contribution >= 4 is 29.0 Å². The van der Waals surface area contributed by atoms with Gasteiger partial charge in [-0.1, -0.05) is 0 Å². The number of aliphatic hydroxyl groups is 4.